The highest BCUT2D eigenvalue weighted by Gasteiger charge is 2.49. The first-order valence-electron chi connectivity index (χ1n) is 11.4. The molecule has 176 valence electrons. The summed E-state index contributed by atoms with van der Waals surface area (Å²) in [7, 11) is -1.09. The summed E-state index contributed by atoms with van der Waals surface area (Å²) in [5, 5.41) is 14.5. The maximum absolute atomic E-state index is 15.3. The van der Waals surface area contributed by atoms with Gasteiger partial charge in [-0.15, -0.1) is 0 Å². The van der Waals surface area contributed by atoms with Gasteiger partial charge in [0.05, 0.1) is 28.8 Å². The summed E-state index contributed by atoms with van der Waals surface area (Å²) in [4.78, 5) is 27.2. The molecule has 35 heavy (non-hydrogen) atoms. The van der Waals surface area contributed by atoms with Gasteiger partial charge in [-0.3, -0.25) is 19.3 Å². The second-order valence-electron chi connectivity index (χ2n) is 9.11. The zero-order valence-electron chi connectivity index (χ0n) is 18.4. The maximum atomic E-state index is 15.3. The molecule has 4 heterocycles. The third-order valence-electron chi connectivity index (χ3n) is 7.44. The van der Waals surface area contributed by atoms with Gasteiger partial charge >= 0.3 is 0 Å². The van der Waals surface area contributed by atoms with E-state index in [2.05, 4.69) is 0 Å². The quantitative estimate of drug-likeness (QED) is 0.515. The second kappa shape index (κ2) is 7.12. The fraction of sp³-hybridized carbons (Fsp3) is 0.200. The number of aromatic hydroxyl groups is 1. The first kappa shape index (κ1) is 20.6. The maximum Gasteiger partial charge on any atom is 0.278 e. The van der Waals surface area contributed by atoms with Crippen molar-refractivity contribution in [2.75, 3.05) is 24.8 Å². The highest BCUT2D eigenvalue weighted by Crippen LogP contribution is 2.52. The predicted molar refractivity (Wildman–Crippen MR) is 127 cm³/mol. The first-order valence-corrected chi connectivity index (χ1v) is 12.8. The minimum absolute atomic E-state index is 0.141. The van der Waals surface area contributed by atoms with E-state index in [0.29, 0.717) is 17.7 Å². The lowest BCUT2D eigenvalue weighted by Crippen LogP contribution is -2.66. The van der Waals surface area contributed by atoms with Crippen molar-refractivity contribution in [2.24, 2.45) is 0 Å². The van der Waals surface area contributed by atoms with Crippen LogP contribution in [0.1, 0.15) is 33.2 Å². The fourth-order valence-corrected chi connectivity index (χ4v) is 8.23. The Bertz CT molecular complexity index is 1550. The molecule has 1 aliphatic carbocycles. The first-order chi connectivity index (χ1) is 17.0. The monoisotopic (exact) mass is 491 g/mol. The van der Waals surface area contributed by atoms with E-state index in [1.807, 2.05) is 29.3 Å². The third kappa shape index (κ3) is 2.60. The molecule has 0 saturated carbocycles. The SMILES string of the molecule is O=C1c2c(O)c(=O)ccn2N(C2C3=C([SiH2]c4ccccc43)c3c2ccc(F)c3F)C2COCCN12. The summed E-state index contributed by atoms with van der Waals surface area (Å²) in [6.07, 6.45) is 0.885. The van der Waals surface area contributed by atoms with Crippen molar-refractivity contribution in [1.29, 1.82) is 0 Å². The van der Waals surface area contributed by atoms with Crippen LogP contribution in [-0.2, 0) is 4.74 Å². The minimum Gasteiger partial charge on any atom is -0.502 e. The summed E-state index contributed by atoms with van der Waals surface area (Å²) >= 11 is 0. The molecule has 3 aliphatic heterocycles. The molecule has 3 aromatic rings. The van der Waals surface area contributed by atoms with Crippen molar-refractivity contribution >= 4 is 31.4 Å². The van der Waals surface area contributed by atoms with Crippen molar-refractivity contribution in [3.8, 4) is 5.75 Å². The van der Waals surface area contributed by atoms with Crippen molar-refractivity contribution in [1.82, 2.24) is 9.58 Å². The molecule has 2 unspecified atom stereocenters. The van der Waals surface area contributed by atoms with E-state index < -0.39 is 50.4 Å². The summed E-state index contributed by atoms with van der Waals surface area (Å²) in [5.74, 6) is -2.88. The molecule has 2 atom stereocenters. The zero-order valence-corrected chi connectivity index (χ0v) is 19.8. The lowest BCUT2D eigenvalue weighted by molar-refractivity contribution is -0.0190. The van der Waals surface area contributed by atoms with Gasteiger partial charge in [0, 0.05) is 24.4 Å². The number of benzene rings is 2. The number of amides is 1. The van der Waals surface area contributed by atoms with Gasteiger partial charge in [0.15, 0.2) is 23.1 Å². The number of aromatic nitrogens is 1. The molecule has 1 aromatic heterocycles. The van der Waals surface area contributed by atoms with Gasteiger partial charge in [0.25, 0.3) is 5.91 Å². The number of carbonyl (C=O) groups excluding carboxylic acids is 1. The highest BCUT2D eigenvalue weighted by atomic mass is 28.2. The summed E-state index contributed by atoms with van der Waals surface area (Å²) < 4.78 is 37.0. The predicted octanol–water partition coefficient (Wildman–Crippen LogP) is 1.01. The molecule has 4 aliphatic rings. The van der Waals surface area contributed by atoms with Gasteiger partial charge in [-0.05, 0) is 28.0 Å². The Morgan fingerprint density at radius 3 is 2.77 bits per heavy atom. The normalized spacial score (nSPS) is 22.7. The molecule has 1 amide bonds. The van der Waals surface area contributed by atoms with Crippen LogP contribution in [0.25, 0.3) is 10.8 Å². The number of nitrogens with zero attached hydrogens (tertiary/aromatic N) is 3. The molecule has 1 fully saturated rings. The lowest BCUT2D eigenvalue weighted by Gasteiger charge is -2.51. The average molecular weight is 492 g/mol. The van der Waals surface area contributed by atoms with Crippen LogP contribution >= 0.6 is 0 Å². The van der Waals surface area contributed by atoms with Crippen LogP contribution in [0.15, 0.2) is 53.5 Å². The molecular formula is C25H19F2N3O4Si. The van der Waals surface area contributed by atoms with Gasteiger partial charge in [0.1, 0.15) is 6.17 Å². The van der Waals surface area contributed by atoms with E-state index in [1.54, 1.807) is 11.0 Å². The van der Waals surface area contributed by atoms with Crippen molar-refractivity contribution in [3.63, 3.8) is 0 Å². The van der Waals surface area contributed by atoms with Gasteiger partial charge < -0.3 is 14.7 Å². The van der Waals surface area contributed by atoms with Gasteiger partial charge in [-0.2, -0.15) is 0 Å². The Hall–Kier alpha value is -3.76. The molecule has 10 heteroatoms. The smallest absolute Gasteiger partial charge is 0.278 e. The number of pyridine rings is 1. The number of carbonyl (C=O) groups is 1. The largest absolute Gasteiger partial charge is 0.502 e. The van der Waals surface area contributed by atoms with Crippen LogP contribution < -0.4 is 15.6 Å². The highest BCUT2D eigenvalue weighted by molar-refractivity contribution is 6.79. The zero-order chi connectivity index (χ0) is 24.0. The van der Waals surface area contributed by atoms with E-state index in [9.17, 15) is 19.1 Å². The molecule has 0 spiro atoms. The molecule has 0 radical (unpaired) electrons. The Morgan fingerprint density at radius 1 is 1.09 bits per heavy atom. The van der Waals surface area contributed by atoms with Crippen molar-refractivity contribution in [2.45, 2.75) is 12.2 Å². The third-order valence-corrected chi connectivity index (χ3v) is 9.52. The molecule has 0 bridgehead atoms. The molecule has 2 aromatic carbocycles. The Labute approximate surface area is 200 Å². The van der Waals surface area contributed by atoms with E-state index >= 15 is 4.39 Å². The Morgan fingerprint density at radius 2 is 1.91 bits per heavy atom. The lowest BCUT2D eigenvalue weighted by atomic mass is 9.96. The van der Waals surface area contributed by atoms with Crippen LogP contribution in [0.5, 0.6) is 5.75 Å². The number of halogens is 2. The number of hydrogen-bond acceptors (Lipinski definition) is 5. The fourth-order valence-electron chi connectivity index (χ4n) is 5.98. The van der Waals surface area contributed by atoms with Crippen molar-refractivity contribution in [3.05, 3.63) is 92.9 Å². The minimum atomic E-state index is -1.09. The van der Waals surface area contributed by atoms with Crippen LogP contribution in [0.4, 0.5) is 8.78 Å². The van der Waals surface area contributed by atoms with Crippen LogP contribution in [0.2, 0.25) is 0 Å². The molecular weight excluding hydrogens is 472 g/mol. The summed E-state index contributed by atoms with van der Waals surface area (Å²) in [5.41, 5.74) is 1.96. The number of hydrogen-bond donors (Lipinski definition) is 1. The van der Waals surface area contributed by atoms with Crippen molar-refractivity contribution < 1.29 is 23.4 Å². The van der Waals surface area contributed by atoms with E-state index in [4.69, 9.17) is 4.74 Å². The molecule has 1 N–H and O–H groups in total. The van der Waals surface area contributed by atoms with Crippen LogP contribution in [0.3, 0.4) is 0 Å². The van der Waals surface area contributed by atoms with E-state index in [1.165, 1.54) is 16.9 Å². The Kier molecular flexibility index (Phi) is 4.19. The second-order valence-corrected chi connectivity index (χ2v) is 10.9. The topological polar surface area (TPSA) is 75.0 Å². The Balaban J connectivity index is 1.53. The van der Waals surface area contributed by atoms with Crippen LogP contribution in [0, 0.1) is 11.6 Å². The molecule has 7 rings (SSSR count). The number of ether oxygens (including phenoxy) is 1. The summed E-state index contributed by atoms with van der Waals surface area (Å²) in [6.45, 7) is 0.783. The van der Waals surface area contributed by atoms with Gasteiger partial charge in [0.2, 0.25) is 5.43 Å². The number of rotatable bonds is 1. The summed E-state index contributed by atoms with van der Waals surface area (Å²) in [6, 6.07) is 11.2. The number of morpholine rings is 1. The number of fused-ring (bicyclic) bond motifs is 6. The average Bonchev–Trinajstić information content (AvgIpc) is 3.39. The molecule has 1 saturated heterocycles. The molecule has 7 nitrogen and oxygen atoms in total. The van der Waals surface area contributed by atoms with Crippen LogP contribution in [-0.4, -0.2) is 56.0 Å². The van der Waals surface area contributed by atoms with E-state index in [-0.39, 0.29) is 18.8 Å². The standard InChI is InChI=1S/C25H19F2N3O4Si/c26-14-6-5-13-18(20(14)27)24-19(12-3-1-2-4-16(12)35-24)21(13)30-17-11-34-10-9-28(17)25(33)22-23(32)15(31)7-8-29(22)30/h1-8,17,21,32H,9-11,35H2. The van der Waals surface area contributed by atoms with E-state index in [0.717, 1.165) is 27.6 Å². The van der Waals surface area contributed by atoms with Gasteiger partial charge in [-0.25, -0.2) is 8.78 Å². The van der Waals surface area contributed by atoms with Gasteiger partial charge in [-0.1, -0.05) is 35.5 Å².